The fourth-order valence-electron chi connectivity index (χ4n) is 2.22. The van der Waals surface area contributed by atoms with Crippen molar-refractivity contribution in [1.82, 2.24) is 0 Å². The molecule has 2 aromatic carbocycles. The molecule has 0 saturated heterocycles. The summed E-state index contributed by atoms with van der Waals surface area (Å²) in [5.74, 6) is 0.780. The Balaban J connectivity index is 2.44. The molecule has 0 heterocycles. The standard InChI is InChI=1S/C17H20N2OS/c1-4-12-5-7-13(8-6-12)19(2)16-11-14(20-3)9-10-15(16)17(18)21/h5-11H,4H2,1-3H3,(H2,18,21). The second-order valence-corrected chi connectivity index (χ2v) is 5.27. The third-order valence-electron chi connectivity index (χ3n) is 3.56. The highest BCUT2D eigenvalue weighted by Crippen LogP contribution is 2.30. The molecule has 0 radical (unpaired) electrons. The highest BCUT2D eigenvalue weighted by molar-refractivity contribution is 7.80. The summed E-state index contributed by atoms with van der Waals surface area (Å²) in [6.45, 7) is 2.14. The van der Waals surface area contributed by atoms with Crippen LogP contribution in [-0.4, -0.2) is 19.1 Å². The van der Waals surface area contributed by atoms with E-state index in [-0.39, 0.29) is 0 Å². The average Bonchev–Trinajstić information content (AvgIpc) is 2.53. The fourth-order valence-corrected chi connectivity index (χ4v) is 2.39. The molecule has 2 rings (SSSR count). The Morgan fingerprint density at radius 3 is 2.38 bits per heavy atom. The minimum absolute atomic E-state index is 0.379. The lowest BCUT2D eigenvalue weighted by atomic mass is 10.1. The number of nitrogens with two attached hydrogens (primary N) is 1. The van der Waals surface area contributed by atoms with Gasteiger partial charge in [-0.1, -0.05) is 31.3 Å². The third-order valence-corrected chi connectivity index (χ3v) is 3.78. The Bertz CT molecular complexity index is 638. The Hall–Kier alpha value is -2.07. The molecule has 0 amide bonds. The van der Waals surface area contributed by atoms with Crippen molar-refractivity contribution >= 4 is 28.6 Å². The molecule has 0 aliphatic rings. The van der Waals surface area contributed by atoms with E-state index in [0.717, 1.165) is 29.1 Å². The normalized spacial score (nSPS) is 10.2. The maximum absolute atomic E-state index is 5.83. The van der Waals surface area contributed by atoms with Gasteiger partial charge in [-0.05, 0) is 36.2 Å². The maximum atomic E-state index is 5.83. The second kappa shape index (κ2) is 6.59. The van der Waals surface area contributed by atoms with Gasteiger partial charge in [0.25, 0.3) is 0 Å². The summed E-state index contributed by atoms with van der Waals surface area (Å²) in [4.78, 5) is 2.45. The van der Waals surface area contributed by atoms with Gasteiger partial charge in [0.1, 0.15) is 10.7 Å². The van der Waals surface area contributed by atoms with E-state index < -0.39 is 0 Å². The van der Waals surface area contributed by atoms with E-state index in [9.17, 15) is 0 Å². The highest BCUT2D eigenvalue weighted by Gasteiger charge is 2.12. The summed E-state index contributed by atoms with van der Waals surface area (Å²) >= 11 is 5.15. The number of hydrogen-bond acceptors (Lipinski definition) is 3. The number of rotatable bonds is 5. The van der Waals surface area contributed by atoms with Gasteiger partial charge in [0.15, 0.2) is 0 Å². The van der Waals surface area contributed by atoms with Crippen LogP contribution in [0.4, 0.5) is 11.4 Å². The molecule has 0 aromatic heterocycles. The van der Waals surface area contributed by atoms with Crippen LogP contribution in [0, 0.1) is 0 Å². The predicted molar refractivity (Wildman–Crippen MR) is 92.8 cm³/mol. The van der Waals surface area contributed by atoms with Crippen molar-refractivity contribution in [2.75, 3.05) is 19.1 Å². The van der Waals surface area contributed by atoms with Crippen molar-refractivity contribution in [2.24, 2.45) is 5.73 Å². The van der Waals surface area contributed by atoms with Crippen LogP contribution in [-0.2, 0) is 6.42 Å². The number of hydrogen-bond donors (Lipinski definition) is 1. The molecule has 0 aliphatic carbocycles. The van der Waals surface area contributed by atoms with Gasteiger partial charge in [0, 0.05) is 24.4 Å². The van der Waals surface area contributed by atoms with E-state index in [2.05, 4.69) is 36.1 Å². The SMILES string of the molecule is CCc1ccc(N(C)c2cc(OC)ccc2C(N)=S)cc1. The molecule has 21 heavy (non-hydrogen) atoms. The van der Waals surface area contributed by atoms with Gasteiger partial charge in [0.05, 0.1) is 12.8 Å². The van der Waals surface area contributed by atoms with Crippen molar-refractivity contribution in [3.63, 3.8) is 0 Å². The fraction of sp³-hybridized carbons (Fsp3) is 0.235. The Morgan fingerprint density at radius 2 is 1.86 bits per heavy atom. The molecule has 2 aromatic rings. The smallest absolute Gasteiger partial charge is 0.120 e. The van der Waals surface area contributed by atoms with Crippen LogP contribution in [0.5, 0.6) is 5.75 Å². The first kappa shape index (κ1) is 15.3. The van der Waals surface area contributed by atoms with E-state index >= 15 is 0 Å². The zero-order chi connectivity index (χ0) is 15.4. The van der Waals surface area contributed by atoms with E-state index in [4.69, 9.17) is 22.7 Å². The van der Waals surface area contributed by atoms with Crippen molar-refractivity contribution in [1.29, 1.82) is 0 Å². The van der Waals surface area contributed by atoms with Gasteiger partial charge in [0.2, 0.25) is 0 Å². The quantitative estimate of drug-likeness (QED) is 0.855. The molecule has 4 heteroatoms. The topological polar surface area (TPSA) is 38.5 Å². The van der Waals surface area contributed by atoms with Gasteiger partial charge in [-0.15, -0.1) is 0 Å². The van der Waals surface area contributed by atoms with Crippen LogP contribution in [0.1, 0.15) is 18.1 Å². The summed E-state index contributed by atoms with van der Waals surface area (Å²) < 4.78 is 5.30. The molecule has 3 nitrogen and oxygen atoms in total. The van der Waals surface area contributed by atoms with Gasteiger partial charge in [-0.3, -0.25) is 0 Å². The van der Waals surface area contributed by atoms with Crippen LogP contribution in [0.3, 0.4) is 0 Å². The molecule has 0 atom stereocenters. The van der Waals surface area contributed by atoms with Crippen molar-refractivity contribution in [3.05, 3.63) is 53.6 Å². The largest absolute Gasteiger partial charge is 0.497 e. The number of anilines is 2. The molecule has 0 aliphatic heterocycles. The number of thiocarbonyl (C=S) groups is 1. The Kier molecular flexibility index (Phi) is 4.81. The lowest BCUT2D eigenvalue weighted by Crippen LogP contribution is -2.17. The first-order valence-corrected chi connectivity index (χ1v) is 7.28. The molecular formula is C17H20N2OS. The molecule has 0 spiro atoms. The van der Waals surface area contributed by atoms with E-state index in [1.807, 2.05) is 25.2 Å². The lowest BCUT2D eigenvalue weighted by molar-refractivity contribution is 0.415. The van der Waals surface area contributed by atoms with E-state index in [1.165, 1.54) is 5.56 Å². The molecule has 0 fully saturated rings. The molecule has 2 N–H and O–H groups in total. The number of aryl methyl sites for hydroxylation is 1. The highest BCUT2D eigenvalue weighted by atomic mass is 32.1. The molecule has 110 valence electrons. The van der Waals surface area contributed by atoms with Gasteiger partial charge in [-0.2, -0.15) is 0 Å². The first-order valence-electron chi connectivity index (χ1n) is 6.87. The summed E-state index contributed by atoms with van der Waals surface area (Å²) in [5, 5.41) is 0. The van der Waals surface area contributed by atoms with E-state index in [0.29, 0.717) is 4.99 Å². The minimum Gasteiger partial charge on any atom is -0.497 e. The van der Waals surface area contributed by atoms with Gasteiger partial charge < -0.3 is 15.4 Å². The number of ether oxygens (including phenoxy) is 1. The summed E-state index contributed by atoms with van der Waals surface area (Å²) in [5.41, 5.74) is 10.0. The van der Waals surface area contributed by atoms with Crippen LogP contribution in [0.15, 0.2) is 42.5 Å². The maximum Gasteiger partial charge on any atom is 0.120 e. The Labute approximate surface area is 131 Å². The monoisotopic (exact) mass is 300 g/mol. The molecule has 0 saturated carbocycles. The zero-order valence-corrected chi connectivity index (χ0v) is 13.4. The molecule has 0 unspecified atom stereocenters. The van der Waals surface area contributed by atoms with E-state index in [1.54, 1.807) is 7.11 Å². The zero-order valence-electron chi connectivity index (χ0n) is 12.6. The van der Waals surface area contributed by atoms with Crippen molar-refractivity contribution in [2.45, 2.75) is 13.3 Å². The number of benzene rings is 2. The van der Waals surface area contributed by atoms with Crippen molar-refractivity contribution < 1.29 is 4.74 Å². The third kappa shape index (κ3) is 3.34. The first-order chi connectivity index (χ1) is 10.1. The summed E-state index contributed by atoms with van der Waals surface area (Å²) in [6.07, 6.45) is 1.03. The summed E-state index contributed by atoms with van der Waals surface area (Å²) in [7, 11) is 3.65. The van der Waals surface area contributed by atoms with Crippen LogP contribution >= 0.6 is 12.2 Å². The predicted octanol–water partition coefficient (Wildman–Crippen LogP) is 3.66. The van der Waals surface area contributed by atoms with Crippen LogP contribution in [0.25, 0.3) is 0 Å². The van der Waals surface area contributed by atoms with Crippen LogP contribution in [0.2, 0.25) is 0 Å². The second-order valence-electron chi connectivity index (χ2n) is 4.83. The molecule has 0 bridgehead atoms. The minimum atomic E-state index is 0.379. The van der Waals surface area contributed by atoms with Crippen LogP contribution < -0.4 is 15.4 Å². The number of nitrogens with zero attached hydrogens (tertiary/aromatic N) is 1. The lowest BCUT2D eigenvalue weighted by Gasteiger charge is -2.23. The summed E-state index contributed by atoms with van der Waals surface area (Å²) in [6, 6.07) is 14.2. The van der Waals surface area contributed by atoms with Gasteiger partial charge >= 0.3 is 0 Å². The number of methoxy groups -OCH3 is 1. The van der Waals surface area contributed by atoms with Gasteiger partial charge in [-0.25, -0.2) is 0 Å². The molecular weight excluding hydrogens is 280 g/mol. The average molecular weight is 300 g/mol. The van der Waals surface area contributed by atoms with Crippen molar-refractivity contribution in [3.8, 4) is 5.75 Å². The Morgan fingerprint density at radius 1 is 1.19 bits per heavy atom.